The van der Waals surface area contributed by atoms with Gasteiger partial charge in [0.15, 0.2) is 5.75 Å². The first kappa shape index (κ1) is 23.7. The van der Waals surface area contributed by atoms with Crippen molar-refractivity contribution in [2.75, 3.05) is 32.8 Å². The number of carbonyl (C=O) groups excluding carboxylic acids is 1. The summed E-state index contributed by atoms with van der Waals surface area (Å²) < 4.78 is 21.7. The smallest absolute Gasteiger partial charge is 0.295 e. The molecule has 11 heteroatoms. The van der Waals surface area contributed by atoms with E-state index in [2.05, 4.69) is 20.6 Å². The largest absolute Gasteiger partial charge is 0.495 e. The molecule has 3 rings (SSSR count). The number of benzene rings is 1. The van der Waals surface area contributed by atoms with Gasteiger partial charge in [-0.05, 0) is 12.3 Å². The van der Waals surface area contributed by atoms with E-state index in [4.69, 9.17) is 48.6 Å². The molecular formula is C21H22Cl2N4O5. The first-order valence-corrected chi connectivity index (χ1v) is 10.4. The number of amides is 1. The summed E-state index contributed by atoms with van der Waals surface area (Å²) in [5.74, 6) is 3.17. The Labute approximate surface area is 195 Å². The maximum Gasteiger partial charge on any atom is 0.295 e. The van der Waals surface area contributed by atoms with Crippen LogP contribution in [0.2, 0.25) is 10.0 Å². The molecule has 1 saturated heterocycles. The molecule has 32 heavy (non-hydrogen) atoms. The van der Waals surface area contributed by atoms with Crippen molar-refractivity contribution in [3.63, 3.8) is 0 Å². The normalized spacial score (nSPS) is 17.7. The van der Waals surface area contributed by atoms with Gasteiger partial charge < -0.3 is 29.6 Å². The maximum atomic E-state index is 11.5. The molecule has 0 bridgehead atoms. The van der Waals surface area contributed by atoms with Crippen molar-refractivity contribution in [3.8, 4) is 29.6 Å². The van der Waals surface area contributed by atoms with Gasteiger partial charge in [0.05, 0.1) is 55.3 Å². The van der Waals surface area contributed by atoms with Crippen LogP contribution in [0.5, 0.6) is 17.2 Å². The summed E-state index contributed by atoms with van der Waals surface area (Å²) in [4.78, 5) is 20.1. The molecule has 0 spiro atoms. The molecule has 2 atom stereocenters. The molecule has 1 aliphatic heterocycles. The topological polar surface area (TPSA) is 104 Å². The van der Waals surface area contributed by atoms with Gasteiger partial charge in [0, 0.05) is 18.2 Å². The molecule has 0 radical (unpaired) electrons. The van der Waals surface area contributed by atoms with Crippen molar-refractivity contribution < 1.29 is 23.7 Å². The number of ether oxygens (including phenoxy) is 4. The fourth-order valence-corrected chi connectivity index (χ4v) is 3.72. The summed E-state index contributed by atoms with van der Waals surface area (Å²) in [7, 11) is 3.00. The van der Waals surface area contributed by atoms with Crippen LogP contribution in [-0.4, -0.2) is 55.4 Å². The molecule has 1 aromatic carbocycles. The minimum atomic E-state index is -0.497. The number of carbonyl (C=O) groups is 1. The Morgan fingerprint density at radius 2 is 1.88 bits per heavy atom. The highest BCUT2D eigenvalue weighted by molar-refractivity contribution is 6.37. The zero-order valence-electron chi connectivity index (χ0n) is 17.5. The van der Waals surface area contributed by atoms with Crippen LogP contribution in [0, 0.1) is 12.3 Å². The summed E-state index contributed by atoms with van der Waals surface area (Å²) >= 11 is 12.7. The third-order valence-corrected chi connectivity index (χ3v) is 5.62. The third kappa shape index (κ3) is 5.65. The van der Waals surface area contributed by atoms with Crippen LogP contribution in [0.4, 0.5) is 5.95 Å². The molecule has 1 fully saturated rings. The molecule has 9 nitrogen and oxygen atoms in total. The highest BCUT2D eigenvalue weighted by Gasteiger charge is 2.27. The monoisotopic (exact) mass is 480 g/mol. The van der Waals surface area contributed by atoms with E-state index in [1.54, 1.807) is 6.07 Å². The molecule has 1 aromatic heterocycles. The fraction of sp³-hybridized carbons (Fsp3) is 0.381. The Morgan fingerprint density at radius 3 is 2.47 bits per heavy atom. The van der Waals surface area contributed by atoms with Crippen LogP contribution in [0.1, 0.15) is 12.0 Å². The lowest BCUT2D eigenvalue weighted by Crippen LogP contribution is -2.52. The quantitative estimate of drug-likeness (QED) is 0.555. The van der Waals surface area contributed by atoms with Gasteiger partial charge in [0.1, 0.15) is 18.1 Å². The second kappa shape index (κ2) is 11.1. The van der Waals surface area contributed by atoms with Crippen molar-refractivity contribution in [2.45, 2.75) is 25.1 Å². The third-order valence-electron chi connectivity index (χ3n) is 4.79. The van der Waals surface area contributed by atoms with E-state index in [0.29, 0.717) is 58.4 Å². The predicted molar refractivity (Wildman–Crippen MR) is 120 cm³/mol. The van der Waals surface area contributed by atoms with E-state index in [1.165, 1.54) is 26.6 Å². The minimum Gasteiger partial charge on any atom is -0.495 e. The Morgan fingerprint density at radius 1 is 1.22 bits per heavy atom. The Kier molecular flexibility index (Phi) is 8.22. The van der Waals surface area contributed by atoms with Crippen molar-refractivity contribution in [1.82, 2.24) is 15.3 Å². The molecule has 170 valence electrons. The van der Waals surface area contributed by atoms with Crippen LogP contribution >= 0.6 is 23.2 Å². The SMILES string of the molecule is C#CC(=O)N[C@H]1COCC[C@H]1Nc1ncc(OCc2c(Cl)c(OC)cc(OC)c2Cl)cn1. The highest BCUT2D eigenvalue weighted by Crippen LogP contribution is 2.40. The number of nitrogens with one attached hydrogen (secondary N) is 2. The molecule has 2 heterocycles. The lowest BCUT2D eigenvalue weighted by molar-refractivity contribution is -0.117. The predicted octanol–water partition coefficient (Wildman–Crippen LogP) is 2.70. The van der Waals surface area contributed by atoms with Gasteiger partial charge in [-0.25, -0.2) is 9.97 Å². The molecule has 0 aliphatic carbocycles. The average molecular weight is 481 g/mol. The van der Waals surface area contributed by atoms with E-state index >= 15 is 0 Å². The molecule has 1 aliphatic rings. The van der Waals surface area contributed by atoms with Crippen LogP contribution in [-0.2, 0) is 16.1 Å². The highest BCUT2D eigenvalue weighted by atomic mass is 35.5. The van der Waals surface area contributed by atoms with Gasteiger partial charge in [-0.15, -0.1) is 6.42 Å². The number of hydrogen-bond acceptors (Lipinski definition) is 8. The van der Waals surface area contributed by atoms with Crippen molar-refractivity contribution in [1.29, 1.82) is 0 Å². The zero-order valence-corrected chi connectivity index (χ0v) is 19.0. The van der Waals surface area contributed by atoms with Gasteiger partial charge in [-0.1, -0.05) is 23.2 Å². The average Bonchev–Trinajstić information content (AvgIpc) is 2.81. The van der Waals surface area contributed by atoms with Gasteiger partial charge in [-0.3, -0.25) is 4.79 Å². The van der Waals surface area contributed by atoms with Gasteiger partial charge in [0.2, 0.25) is 5.95 Å². The summed E-state index contributed by atoms with van der Waals surface area (Å²) in [6.45, 7) is 0.951. The number of hydrogen-bond donors (Lipinski definition) is 2. The van der Waals surface area contributed by atoms with E-state index in [9.17, 15) is 4.79 Å². The summed E-state index contributed by atoms with van der Waals surface area (Å²) in [5.41, 5.74) is 0.515. The van der Waals surface area contributed by atoms with Crippen LogP contribution in [0.15, 0.2) is 18.5 Å². The Balaban J connectivity index is 1.65. The van der Waals surface area contributed by atoms with Crippen LogP contribution in [0.3, 0.4) is 0 Å². The van der Waals surface area contributed by atoms with E-state index in [0.717, 1.165) is 0 Å². The molecular weight excluding hydrogens is 459 g/mol. The van der Waals surface area contributed by atoms with E-state index in [-0.39, 0.29) is 18.7 Å². The van der Waals surface area contributed by atoms with E-state index in [1.807, 2.05) is 5.92 Å². The second-order valence-corrected chi connectivity index (χ2v) is 7.51. The van der Waals surface area contributed by atoms with E-state index < -0.39 is 5.91 Å². The summed E-state index contributed by atoms with van der Waals surface area (Å²) in [6, 6.07) is 1.18. The van der Waals surface area contributed by atoms with Crippen LogP contribution in [0.25, 0.3) is 0 Å². The van der Waals surface area contributed by atoms with Crippen LogP contribution < -0.4 is 24.8 Å². The Hall–Kier alpha value is -2.93. The standard InChI is InChI=1S/C21H22Cl2N4O5/c1-4-18(28)26-15-11-31-6-5-14(15)27-21-24-8-12(9-25-21)32-10-13-19(22)16(29-2)7-17(30-3)20(13)23/h1,7-9,14-15H,5-6,10-11H2,2-3H3,(H,26,28)(H,24,25,27)/t14-,15+/m1/s1. The first-order chi connectivity index (χ1) is 15.5. The molecule has 0 saturated carbocycles. The summed E-state index contributed by atoms with van der Waals surface area (Å²) in [6.07, 6.45) is 8.83. The molecule has 2 aromatic rings. The zero-order chi connectivity index (χ0) is 23.1. The lowest BCUT2D eigenvalue weighted by atomic mass is 10.0. The van der Waals surface area contributed by atoms with Gasteiger partial charge in [0.25, 0.3) is 5.91 Å². The number of terminal acetylenes is 1. The minimum absolute atomic E-state index is 0.0571. The van der Waals surface area contributed by atoms with Crippen molar-refractivity contribution in [3.05, 3.63) is 34.1 Å². The number of anilines is 1. The lowest BCUT2D eigenvalue weighted by Gasteiger charge is -2.32. The number of nitrogens with zero attached hydrogens (tertiary/aromatic N) is 2. The number of aromatic nitrogens is 2. The van der Waals surface area contributed by atoms with Gasteiger partial charge in [-0.2, -0.15) is 0 Å². The Bertz CT molecular complexity index is 969. The molecule has 1 amide bonds. The number of halogens is 2. The summed E-state index contributed by atoms with van der Waals surface area (Å²) in [5, 5.41) is 6.58. The fourth-order valence-electron chi connectivity index (χ4n) is 3.11. The maximum absolute atomic E-state index is 11.5. The van der Waals surface area contributed by atoms with Gasteiger partial charge >= 0.3 is 0 Å². The molecule has 2 N–H and O–H groups in total. The second-order valence-electron chi connectivity index (χ2n) is 6.76. The van der Waals surface area contributed by atoms with Crippen molar-refractivity contribution in [2.24, 2.45) is 0 Å². The van der Waals surface area contributed by atoms with Crippen molar-refractivity contribution >= 4 is 35.1 Å². The first-order valence-electron chi connectivity index (χ1n) is 9.61. The number of rotatable bonds is 8. The number of methoxy groups -OCH3 is 2. The molecule has 0 unspecified atom stereocenters.